The van der Waals surface area contributed by atoms with Crippen LogP contribution < -0.4 is 10.6 Å². The maximum atomic E-state index is 6.23. The molecule has 5 nitrogen and oxygen atoms in total. The van der Waals surface area contributed by atoms with Crippen molar-refractivity contribution in [3.05, 3.63) is 59.7 Å². The largest absolute Gasteiger partial charge is 0.497 e. The van der Waals surface area contributed by atoms with Gasteiger partial charge < -0.3 is 10.6 Å². The van der Waals surface area contributed by atoms with Crippen LogP contribution in [0.1, 0.15) is 31.9 Å². The second kappa shape index (κ2) is 7.41. The van der Waals surface area contributed by atoms with Crippen molar-refractivity contribution in [2.45, 2.75) is 37.1 Å². The minimum atomic E-state index is 0.118. The van der Waals surface area contributed by atoms with E-state index in [0.717, 1.165) is 22.6 Å². The van der Waals surface area contributed by atoms with Crippen molar-refractivity contribution in [1.29, 1.82) is 0 Å². The van der Waals surface area contributed by atoms with E-state index in [0.29, 0.717) is 11.0 Å². The van der Waals surface area contributed by atoms with Crippen LogP contribution in [0.4, 0.5) is 0 Å². The van der Waals surface area contributed by atoms with Gasteiger partial charge in [-0.15, -0.1) is 10.2 Å². The Balaban J connectivity index is 1.75. The molecule has 0 amide bonds. The number of nitrogens with zero attached hydrogens (tertiary/aromatic N) is 3. The predicted molar refractivity (Wildman–Crippen MR) is 107 cm³/mol. The van der Waals surface area contributed by atoms with Gasteiger partial charge in [-0.2, -0.15) is 0 Å². The van der Waals surface area contributed by atoms with Crippen LogP contribution in [0.15, 0.2) is 53.7 Å². The number of thioether (sulfide) groups is 1. The van der Waals surface area contributed by atoms with Crippen molar-refractivity contribution < 1.29 is 4.74 Å². The second-order valence-corrected chi connectivity index (χ2v) is 8.09. The van der Waals surface area contributed by atoms with Crippen molar-refractivity contribution in [2.24, 2.45) is 0 Å². The summed E-state index contributed by atoms with van der Waals surface area (Å²) in [6.45, 7) is 6.59. The molecule has 2 N–H and O–H groups in total. The van der Waals surface area contributed by atoms with Crippen molar-refractivity contribution in [3.63, 3.8) is 0 Å². The number of methoxy groups -OCH3 is 1. The summed E-state index contributed by atoms with van der Waals surface area (Å²) >= 11 is 1.55. The van der Waals surface area contributed by atoms with Gasteiger partial charge in [-0.25, -0.2) is 4.68 Å². The monoisotopic (exact) mass is 368 g/mol. The molecule has 0 aliphatic heterocycles. The smallest absolute Gasteiger partial charge is 0.210 e. The lowest BCUT2D eigenvalue weighted by molar-refractivity contribution is 0.414. The van der Waals surface area contributed by atoms with E-state index >= 15 is 0 Å². The van der Waals surface area contributed by atoms with Gasteiger partial charge in [0.05, 0.1) is 7.11 Å². The summed E-state index contributed by atoms with van der Waals surface area (Å²) in [4.78, 5) is 0. The van der Waals surface area contributed by atoms with Crippen molar-refractivity contribution in [2.75, 3.05) is 13.0 Å². The Bertz CT molecular complexity index is 882. The minimum absolute atomic E-state index is 0.118. The van der Waals surface area contributed by atoms with Gasteiger partial charge in [0, 0.05) is 11.3 Å². The zero-order chi connectivity index (χ0) is 18.7. The standard InChI is InChI=1S/C20H24N4OS/c1-20(2,3)16-10-8-15(9-11-16)18-22-23-19(24(18)21)26-13-14-6-5-7-17(12-14)25-4/h5-12H,13,21H2,1-4H3. The molecule has 1 aromatic heterocycles. The van der Waals surface area contributed by atoms with E-state index in [1.54, 1.807) is 23.5 Å². The van der Waals surface area contributed by atoms with Gasteiger partial charge in [0.15, 0.2) is 5.82 Å². The molecule has 0 atom stereocenters. The topological polar surface area (TPSA) is 66.0 Å². The Morgan fingerprint density at radius 2 is 1.81 bits per heavy atom. The maximum Gasteiger partial charge on any atom is 0.210 e. The molecule has 0 bridgehead atoms. The molecule has 1 heterocycles. The van der Waals surface area contributed by atoms with Crippen LogP contribution in [0.2, 0.25) is 0 Å². The molecule has 0 aliphatic rings. The number of benzene rings is 2. The van der Waals surface area contributed by atoms with Gasteiger partial charge in [-0.1, -0.05) is 68.9 Å². The summed E-state index contributed by atoms with van der Waals surface area (Å²) < 4.78 is 6.81. The second-order valence-electron chi connectivity index (χ2n) is 7.14. The van der Waals surface area contributed by atoms with Crippen LogP contribution in [0.5, 0.6) is 5.75 Å². The van der Waals surface area contributed by atoms with Crippen LogP contribution in [-0.2, 0) is 11.2 Å². The summed E-state index contributed by atoms with van der Waals surface area (Å²) in [5.74, 6) is 8.48. The highest BCUT2D eigenvalue weighted by Crippen LogP contribution is 2.28. The molecule has 0 fully saturated rings. The third-order valence-corrected chi connectivity index (χ3v) is 5.19. The summed E-state index contributed by atoms with van der Waals surface area (Å²) in [6, 6.07) is 16.3. The first-order valence-corrected chi connectivity index (χ1v) is 9.44. The van der Waals surface area contributed by atoms with E-state index in [9.17, 15) is 0 Å². The Kier molecular flexibility index (Phi) is 5.23. The first-order valence-electron chi connectivity index (χ1n) is 8.45. The molecule has 136 valence electrons. The summed E-state index contributed by atoms with van der Waals surface area (Å²) in [7, 11) is 1.67. The molecule has 0 aliphatic carbocycles. The Hall–Kier alpha value is -2.47. The molecule has 6 heteroatoms. The molecule has 0 unspecified atom stereocenters. The van der Waals surface area contributed by atoms with Crippen LogP contribution in [-0.4, -0.2) is 22.0 Å². The summed E-state index contributed by atoms with van der Waals surface area (Å²) in [5, 5.41) is 9.19. The summed E-state index contributed by atoms with van der Waals surface area (Å²) in [6.07, 6.45) is 0. The third-order valence-electron chi connectivity index (χ3n) is 4.18. The van der Waals surface area contributed by atoms with Crippen LogP contribution in [0.3, 0.4) is 0 Å². The van der Waals surface area contributed by atoms with E-state index < -0.39 is 0 Å². The van der Waals surface area contributed by atoms with Gasteiger partial charge in [0.2, 0.25) is 5.16 Å². The number of ether oxygens (including phenoxy) is 1. The Labute approximate surface area is 158 Å². The maximum absolute atomic E-state index is 6.23. The fourth-order valence-corrected chi connectivity index (χ4v) is 3.40. The fraction of sp³-hybridized carbons (Fsp3) is 0.300. The van der Waals surface area contributed by atoms with Crippen molar-refractivity contribution >= 4 is 11.8 Å². The van der Waals surface area contributed by atoms with E-state index in [1.807, 2.05) is 30.3 Å². The molecule has 3 aromatic rings. The average molecular weight is 369 g/mol. The van der Waals surface area contributed by atoms with Gasteiger partial charge in [-0.3, -0.25) is 0 Å². The molecular weight excluding hydrogens is 344 g/mol. The Morgan fingerprint density at radius 1 is 1.08 bits per heavy atom. The lowest BCUT2D eigenvalue weighted by Gasteiger charge is -2.19. The van der Waals surface area contributed by atoms with Crippen LogP contribution >= 0.6 is 11.8 Å². The van der Waals surface area contributed by atoms with Gasteiger partial charge in [0.1, 0.15) is 5.75 Å². The zero-order valence-corrected chi connectivity index (χ0v) is 16.4. The number of hydrogen-bond acceptors (Lipinski definition) is 5. The van der Waals surface area contributed by atoms with E-state index in [-0.39, 0.29) is 5.41 Å². The Morgan fingerprint density at radius 3 is 2.46 bits per heavy atom. The number of aromatic nitrogens is 3. The first kappa shape index (κ1) is 18.3. The predicted octanol–water partition coefficient (Wildman–Crippen LogP) is 4.26. The van der Waals surface area contributed by atoms with Gasteiger partial charge >= 0.3 is 0 Å². The van der Waals surface area contributed by atoms with E-state index in [2.05, 4.69) is 49.2 Å². The van der Waals surface area contributed by atoms with E-state index in [1.165, 1.54) is 5.56 Å². The molecule has 0 saturated carbocycles. The molecular formula is C20H24N4OS. The number of nitrogen functional groups attached to an aromatic ring is 1. The van der Waals surface area contributed by atoms with E-state index in [4.69, 9.17) is 10.6 Å². The molecule has 0 saturated heterocycles. The quantitative estimate of drug-likeness (QED) is 0.538. The molecule has 26 heavy (non-hydrogen) atoms. The fourth-order valence-electron chi connectivity index (χ4n) is 2.60. The van der Waals surface area contributed by atoms with Crippen LogP contribution in [0.25, 0.3) is 11.4 Å². The summed E-state index contributed by atoms with van der Waals surface area (Å²) in [5.41, 5.74) is 3.50. The van der Waals surface area contributed by atoms with Crippen LogP contribution in [0, 0.1) is 0 Å². The number of rotatable bonds is 5. The lowest BCUT2D eigenvalue weighted by atomic mass is 9.87. The molecule has 3 rings (SSSR count). The highest BCUT2D eigenvalue weighted by Gasteiger charge is 2.16. The van der Waals surface area contributed by atoms with Crippen molar-refractivity contribution in [3.8, 4) is 17.1 Å². The SMILES string of the molecule is COc1cccc(CSc2nnc(-c3ccc(C(C)(C)C)cc3)n2N)c1. The normalized spacial score (nSPS) is 11.5. The lowest BCUT2D eigenvalue weighted by Crippen LogP contribution is -2.12. The molecule has 0 radical (unpaired) electrons. The van der Waals surface area contributed by atoms with Gasteiger partial charge in [-0.05, 0) is 28.7 Å². The minimum Gasteiger partial charge on any atom is -0.497 e. The number of nitrogens with two attached hydrogens (primary N) is 1. The van der Waals surface area contributed by atoms with Crippen molar-refractivity contribution in [1.82, 2.24) is 14.9 Å². The number of hydrogen-bond donors (Lipinski definition) is 1. The highest BCUT2D eigenvalue weighted by atomic mass is 32.2. The highest BCUT2D eigenvalue weighted by molar-refractivity contribution is 7.98. The molecule has 2 aromatic carbocycles. The average Bonchev–Trinajstić information content (AvgIpc) is 3.00. The molecule has 0 spiro atoms. The third kappa shape index (κ3) is 4.02. The zero-order valence-electron chi connectivity index (χ0n) is 15.6. The van der Waals surface area contributed by atoms with Gasteiger partial charge in [0.25, 0.3) is 0 Å². The first-order chi connectivity index (χ1) is 12.4.